The fourth-order valence-corrected chi connectivity index (χ4v) is 2.45. The smallest absolute Gasteiger partial charge is 0.339 e. The van der Waals surface area contributed by atoms with Crippen molar-refractivity contribution in [1.82, 2.24) is 14.8 Å². The van der Waals surface area contributed by atoms with Crippen molar-refractivity contribution in [3.05, 3.63) is 29.8 Å². The summed E-state index contributed by atoms with van der Waals surface area (Å²) < 4.78 is 21.0. The number of hydrogen-bond acceptors (Lipinski definition) is 5. The fraction of sp³-hybridized carbons (Fsp3) is 0.400. The van der Waals surface area contributed by atoms with Gasteiger partial charge in [0.05, 0.1) is 12.2 Å². The Morgan fingerprint density at radius 2 is 2.17 bits per heavy atom. The highest BCUT2D eigenvalue weighted by Crippen LogP contribution is 2.30. The van der Waals surface area contributed by atoms with Crippen LogP contribution in [0.5, 0.6) is 0 Å². The quantitative estimate of drug-likeness (QED) is 0.822. The first-order chi connectivity index (χ1) is 11.1. The lowest BCUT2D eigenvalue weighted by molar-refractivity contribution is -0.106. The molecule has 0 radical (unpaired) electrons. The number of anilines is 1. The molecule has 1 aliphatic heterocycles. The van der Waals surface area contributed by atoms with Gasteiger partial charge in [-0.05, 0) is 25.0 Å². The monoisotopic (exact) mass is 318 g/mol. The predicted octanol–water partition coefficient (Wildman–Crippen LogP) is 2.28. The molecule has 0 spiro atoms. The van der Waals surface area contributed by atoms with Crippen LogP contribution in [0, 0.1) is 5.95 Å². The van der Waals surface area contributed by atoms with Gasteiger partial charge in [-0.3, -0.25) is 0 Å². The summed E-state index contributed by atoms with van der Waals surface area (Å²) in [7, 11) is 0. The van der Waals surface area contributed by atoms with Crippen LogP contribution in [0.4, 0.5) is 10.2 Å². The number of pyridine rings is 1. The molecule has 2 aliphatic rings. The Morgan fingerprint density at radius 1 is 1.39 bits per heavy atom. The van der Waals surface area contributed by atoms with Gasteiger partial charge in [-0.15, -0.1) is 0 Å². The molecule has 2 fully saturated rings. The third kappa shape index (κ3) is 2.65. The van der Waals surface area contributed by atoms with Crippen LogP contribution in [-0.4, -0.2) is 38.5 Å². The Morgan fingerprint density at radius 3 is 2.74 bits per heavy atom. The molecule has 8 heteroatoms. The highest BCUT2D eigenvalue weighted by atomic mass is 19.1. The zero-order valence-corrected chi connectivity index (χ0v) is 12.2. The molecule has 3 heterocycles. The van der Waals surface area contributed by atoms with Gasteiger partial charge in [0.15, 0.2) is 6.23 Å². The van der Waals surface area contributed by atoms with Gasteiger partial charge in [0.1, 0.15) is 17.1 Å². The second-order valence-electron chi connectivity index (χ2n) is 5.74. The predicted molar refractivity (Wildman–Crippen MR) is 78.6 cm³/mol. The van der Waals surface area contributed by atoms with E-state index in [4.69, 9.17) is 4.74 Å². The van der Waals surface area contributed by atoms with E-state index in [-0.39, 0.29) is 23.0 Å². The van der Waals surface area contributed by atoms with Crippen LogP contribution in [0.1, 0.15) is 35.8 Å². The molecule has 7 nitrogen and oxygen atoms in total. The molecule has 1 aliphatic carbocycles. The highest BCUT2D eigenvalue weighted by molar-refractivity contribution is 5.94. The number of ether oxygens (including phenoxy) is 1. The first-order valence-electron chi connectivity index (χ1n) is 7.49. The number of nitrogens with one attached hydrogen (secondary N) is 1. The lowest BCUT2D eigenvalue weighted by Gasteiger charge is -2.26. The van der Waals surface area contributed by atoms with Crippen molar-refractivity contribution in [2.75, 3.05) is 11.9 Å². The van der Waals surface area contributed by atoms with Crippen LogP contribution >= 0.6 is 0 Å². The molecule has 1 unspecified atom stereocenters. The minimum atomic E-state index is -1.16. The summed E-state index contributed by atoms with van der Waals surface area (Å²) in [6.07, 6.45) is 3.95. The first-order valence-corrected chi connectivity index (χ1v) is 7.49. The number of carbonyl (C=O) groups is 1. The average Bonchev–Trinajstić information content (AvgIpc) is 3.14. The Labute approximate surface area is 131 Å². The molecule has 1 atom stereocenters. The fourth-order valence-electron chi connectivity index (χ4n) is 2.45. The molecular weight excluding hydrogens is 303 g/mol. The zero-order chi connectivity index (χ0) is 16.0. The normalized spacial score (nSPS) is 20.1. The van der Waals surface area contributed by atoms with E-state index in [1.165, 1.54) is 16.9 Å². The van der Waals surface area contributed by atoms with Crippen molar-refractivity contribution >= 4 is 11.8 Å². The summed E-state index contributed by atoms with van der Waals surface area (Å²) in [6.45, 7) is 0.611. The molecule has 2 aromatic rings. The zero-order valence-electron chi connectivity index (χ0n) is 12.2. The Balaban J connectivity index is 1.70. The third-order valence-electron chi connectivity index (χ3n) is 3.97. The first kappa shape index (κ1) is 14.1. The molecule has 23 heavy (non-hydrogen) atoms. The van der Waals surface area contributed by atoms with Gasteiger partial charge < -0.3 is 15.2 Å². The highest BCUT2D eigenvalue weighted by Gasteiger charge is 2.27. The summed E-state index contributed by atoms with van der Waals surface area (Å²) >= 11 is 0. The second-order valence-corrected chi connectivity index (χ2v) is 5.74. The number of aromatic nitrogens is 3. The minimum absolute atomic E-state index is 0.0656. The molecule has 4 rings (SSSR count). The van der Waals surface area contributed by atoms with Gasteiger partial charge in [-0.1, -0.05) is 0 Å². The van der Waals surface area contributed by atoms with Crippen LogP contribution in [0.2, 0.25) is 0 Å². The van der Waals surface area contributed by atoms with Crippen LogP contribution < -0.4 is 5.32 Å². The average molecular weight is 318 g/mol. The standard InChI is InChI=1S/C15H15FN4O3/c16-14-9(3-4-11(18-14)17-8-1-2-8)13-10(15(21)22)7-20(19-13)12-5-6-23-12/h3-4,7-8,12H,1-2,5-6H2,(H,17,18)(H,21,22). The maximum Gasteiger partial charge on any atom is 0.339 e. The Kier molecular flexibility index (Phi) is 3.26. The maximum absolute atomic E-state index is 14.3. The summed E-state index contributed by atoms with van der Waals surface area (Å²) in [5.41, 5.74) is 0.0712. The lowest BCUT2D eigenvalue weighted by atomic mass is 10.1. The molecule has 2 N–H and O–H groups in total. The molecule has 0 amide bonds. The summed E-state index contributed by atoms with van der Waals surface area (Å²) in [5.74, 6) is -1.45. The number of carboxylic acid groups (broad SMARTS) is 1. The van der Waals surface area contributed by atoms with E-state index in [2.05, 4.69) is 15.4 Å². The molecule has 120 valence electrons. The van der Waals surface area contributed by atoms with E-state index in [1.54, 1.807) is 6.07 Å². The van der Waals surface area contributed by atoms with E-state index in [0.29, 0.717) is 18.5 Å². The van der Waals surface area contributed by atoms with Gasteiger partial charge in [0, 0.05) is 18.7 Å². The van der Waals surface area contributed by atoms with Crippen molar-refractivity contribution in [2.24, 2.45) is 0 Å². The molecule has 2 aromatic heterocycles. The Bertz CT molecular complexity index is 768. The number of carboxylic acids is 1. The topological polar surface area (TPSA) is 89.3 Å². The van der Waals surface area contributed by atoms with Crippen LogP contribution in [0.25, 0.3) is 11.3 Å². The van der Waals surface area contributed by atoms with Crippen LogP contribution in [-0.2, 0) is 4.74 Å². The van der Waals surface area contributed by atoms with E-state index in [9.17, 15) is 14.3 Å². The summed E-state index contributed by atoms with van der Waals surface area (Å²) in [6, 6.07) is 3.51. The maximum atomic E-state index is 14.3. The van der Waals surface area contributed by atoms with E-state index < -0.39 is 11.9 Å². The van der Waals surface area contributed by atoms with Crippen molar-refractivity contribution in [1.29, 1.82) is 0 Å². The van der Waals surface area contributed by atoms with Crippen LogP contribution in [0.3, 0.4) is 0 Å². The van der Waals surface area contributed by atoms with Gasteiger partial charge >= 0.3 is 5.97 Å². The van der Waals surface area contributed by atoms with Crippen LogP contribution in [0.15, 0.2) is 18.3 Å². The summed E-state index contributed by atoms with van der Waals surface area (Å²) in [5, 5.41) is 16.6. The summed E-state index contributed by atoms with van der Waals surface area (Å²) in [4.78, 5) is 15.3. The number of halogens is 1. The SMILES string of the molecule is O=C(O)c1cn(C2CCO2)nc1-c1ccc(NC2CC2)nc1F. The van der Waals surface area contributed by atoms with Crippen molar-refractivity contribution < 1.29 is 19.0 Å². The third-order valence-corrected chi connectivity index (χ3v) is 3.97. The van der Waals surface area contributed by atoms with Gasteiger partial charge in [-0.2, -0.15) is 9.49 Å². The number of aromatic carboxylic acids is 1. The van der Waals surface area contributed by atoms with E-state index in [1.807, 2.05) is 0 Å². The molecule has 0 aromatic carbocycles. The van der Waals surface area contributed by atoms with E-state index >= 15 is 0 Å². The molecule has 1 saturated heterocycles. The number of rotatable bonds is 5. The molecular formula is C15H15FN4O3. The van der Waals surface area contributed by atoms with Crippen molar-refractivity contribution in [3.63, 3.8) is 0 Å². The van der Waals surface area contributed by atoms with E-state index in [0.717, 1.165) is 19.3 Å². The van der Waals surface area contributed by atoms with Gasteiger partial charge in [-0.25, -0.2) is 14.5 Å². The molecule has 0 bridgehead atoms. The van der Waals surface area contributed by atoms with Gasteiger partial charge in [0.2, 0.25) is 5.95 Å². The Hall–Kier alpha value is -2.48. The second kappa shape index (κ2) is 5.31. The largest absolute Gasteiger partial charge is 0.478 e. The molecule has 1 saturated carbocycles. The minimum Gasteiger partial charge on any atom is -0.478 e. The van der Waals surface area contributed by atoms with Crippen molar-refractivity contribution in [3.8, 4) is 11.3 Å². The van der Waals surface area contributed by atoms with Gasteiger partial charge in [0.25, 0.3) is 0 Å². The number of nitrogens with zero attached hydrogens (tertiary/aromatic N) is 3. The lowest BCUT2D eigenvalue weighted by Crippen LogP contribution is -2.24. The number of hydrogen-bond donors (Lipinski definition) is 2. The van der Waals surface area contributed by atoms with Crippen molar-refractivity contribution in [2.45, 2.75) is 31.5 Å².